The van der Waals surface area contributed by atoms with Crippen molar-refractivity contribution >= 4 is 28.6 Å². The van der Waals surface area contributed by atoms with Crippen LogP contribution < -0.4 is 0 Å². The van der Waals surface area contributed by atoms with Gasteiger partial charge in [-0.25, -0.2) is 0 Å². The standard InChI is InChI=1S/C10H19IO2/c1-3-13-10(12)8-9(2)6-4-5-7-11/h9H,3-8H2,1-2H3. The molecule has 0 amide bonds. The Kier molecular flexibility index (Phi) is 8.92. The summed E-state index contributed by atoms with van der Waals surface area (Å²) in [6.07, 6.45) is 4.20. The first-order valence-electron chi connectivity index (χ1n) is 4.92. The lowest BCUT2D eigenvalue weighted by Gasteiger charge is -2.09. The van der Waals surface area contributed by atoms with Gasteiger partial charge in [0.15, 0.2) is 0 Å². The largest absolute Gasteiger partial charge is 0.466 e. The maximum Gasteiger partial charge on any atom is 0.306 e. The Bertz CT molecular complexity index is 137. The summed E-state index contributed by atoms with van der Waals surface area (Å²) in [6, 6.07) is 0. The van der Waals surface area contributed by atoms with Crippen molar-refractivity contribution in [2.45, 2.75) is 39.5 Å². The molecule has 0 N–H and O–H groups in total. The number of carbonyl (C=O) groups is 1. The molecule has 3 heteroatoms. The molecule has 0 rings (SSSR count). The molecule has 2 nitrogen and oxygen atoms in total. The highest BCUT2D eigenvalue weighted by Gasteiger charge is 2.08. The van der Waals surface area contributed by atoms with E-state index in [1.54, 1.807) is 0 Å². The lowest BCUT2D eigenvalue weighted by atomic mass is 10.0. The van der Waals surface area contributed by atoms with Crippen molar-refractivity contribution in [3.8, 4) is 0 Å². The summed E-state index contributed by atoms with van der Waals surface area (Å²) in [5, 5.41) is 0. The third-order valence-electron chi connectivity index (χ3n) is 1.90. The summed E-state index contributed by atoms with van der Waals surface area (Å²) >= 11 is 2.38. The predicted octanol–water partition coefficient (Wildman–Crippen LogP) is 3.18. The molecule has 0 radical (unpaired) electrons. The third kappa shape index (κ3) is 8.53. The SMILES string of the molecule is CCOC(=O)CC(C)CCCCI. The molecular weight excluding hydrogens is 279 g/mol. The topological polar surface area (TPSA) is 26.3 Å². The summed E-state index contributed by atoms with van der Waals surface area (Å²) in [7, 11) is 0. The van der Waals surface area contributed by atoms with Gasteiger partial charge in [-0.05, 0) is 23.7 Å². The number of rotatable bonds is 7. The number of hydrogen-bond acceptors (Lipinski definition) is 2. The highest BCUT2D eigenvalue weighted by atomic mass is 127. The van der Waals surface area contributed by atoms with Gasteiger partial charge in [0.1, 0.15) is 0 Å². The molecule has 0 saturated heterocycles. The number of ether oxygens (including phenoxy) is 1. The first kappa shape index (κ1) is 13.2. The number of carbonyl (C=O) groups excluding carboxylic acids is 1. The number of unbranched alkanes of at least 4 members (excludes halogenated alkanes) is 1. The molecule has 0 aromatic carbocycles. The number of alkyl halides is 1. The molecule has 0 aromatic heterocycles. The van der Waals surface area contributed by atoms with Gasteiger partial charge in [0.2, 0.25) is 0 Å². The lowest BCUT2D eigenvalue weighted by Crippen LogP contribution is -2.09. The fourth-order valence-electron chi connectivity index (χ4n) is 1.19. The Labute approximate surface area is 94.6 Å². The van der Waals surface area contributed by atoms with Crippen LogP contribution in [0.3, 0.4) is 0 Å². The highest BCUT2D eigenvalue weighted by molar-refractivity contribution is 14.1. The summed E-state index contributed by atoms with van der Waals surface area (Å²) < 4.78 is 6.09. The Morgan fingerprint density at radius 1 is 1.46 bits per heavy atom. The zero-order valence-corrected chi connectivity index (χ0v) is 10.7. The van der Waals surface area contributed by atoms with E-state index in [2.05, 4.69) is 29.5 Å². The molecule has 0 bridgehead atoms. The van der Waals surface area contributed by atoms with Gasteiger partial charge in [0.25, 0.3) is 0 Å². The minimum Gasteiger partial charge on any atom is -0.466 e. The fourth-order valence-corrected chi connectivity index (χ4v) is 1.73. The van der Waals surface area contributed by atoms with Crippen molar-refractivity contribution in [2.75, 3.05) is 11.0 Å². The van der Waals surface area contributed by atoms with Crippen LogP contribution in [0.15, 0.2) is 0 Å². The summed E-state index contributed by atoms with van der Waals surface area (Å²) in [4.78, 5) is 11.1. The maximum atomic E-state index is 11.1. The smallest absolute Gasteiger partial charge is 0.306 e. The molecule has 0 aliphatic rings. The summed E-state index contributed by atoms with van der Waals surface area (Å²) in [6.45, 7) is 4.46. The van der Waals surface area contributed by atoms with E-state index >= 15 is 0 Å². The van der Waals surface area contributed by atoms with Crippen LogP contribution >= 0.6 is 22.6 Å². The molecule has 0 aromatic rings. The number of hydrogen-bond donors (Lipinski definition) is 0. The van der Waals surface area contributed by atoms with E-state index in [1.807, 2.05) is 6.92 Å². The minimum absolute atomic E-state index is 0.0514. The van der Waals surface area contributed by atoms with E-state index in [4.69, 9.17) is 4.74 Å². The summed E-state index contributed by atoms with van der Waals surface area (Å²) in [5.74, 6) is 0.423. The Hall–Kier alpha value is 0.200. The monoisotopic (exact) mass is 298 g/mol. The lowest BCUT2D eigenvalue weighted by molar-refractivity contribution is -0.144. The van der Waals surface area contributed by atoms with Crippen LogP contribution in [0.5, 0.6) is 0 Å². The van der Waals surface area contributed by atoms with Crippen LogP contribution in [-0.4, -0.2) is 17.0 Å². The average Bonchev–Trinajstić information content (AvgIpc) is 2.05. The highest BCUT2D eigenvalue weighted by Crippen LogP contribution is 2.13. The van der Waals surface area contributed by atoms with Gasteiger partial charge in [-0.1, -0.05) is 42.4 Å². The quantitative estimate of drug-likeness (QED) is 0.312. The molecule has 0 aliphatic carbocycles. The van der Waals surface area contributed by atoms with E-state index in [9.17, 15) is 4.79 Å². The molecule has 13 heavy (non-hydrogen) atoms. The Balaban J connectivity index is 3.38. The fraction of sp³-hybridized carbons (Fsp3) is 0.900. The number of halogens is 1. The van der Waals surface area contributed by atoms with Gasteiger partial charge in [-0.15, -0.1) is 0 Å². The van der Waals surface area contributed by atoms with Crippen LogP contribution in [0.25, 0.3) is 0 Å². The van der Waals surface area contributed by atoms with Gasteiger partial charge in [-0.2, -0.15) is 0 Å². The molecule has 0 saturated carbocycles. The molecule has 78 valence electrons. The third-order valence-corrected chi connectivity index (χ3v) is 2.66. The van der Waals surface area contributed by atoms with Gasteiger partial charge < -0.3 is 4.74 Å². The predicted molar refractivity (Wildman–Crippen MR) is 63.2 cm³/mol. The Morgan fingerprint density at radius 2 is 2.15 bits per heavy atom. The Morgan fingerprint density at radius 3 is 2.69 bits per heavy atom. The van der Waals surface area contributed by atoms with Crippen LogP contribution in [0.4, 0.5) is 0 Å². The van der Waals surface area contributed by atoms with E-state index in [1.165, 1.54) is 17.3 Å². The second kappa shape index (κ2) is 8.78. The van der Waals surface area contributed by atoms with Crippen molar-refractivity contribution in [3.05, 3.63) is 0 Å². The van der Waals surface area contributed by atoms with Crippen LogP contribution in [0.1, 0.15) is 39.5 Å². The molecule has 0 spiro atoms. The maximum absolute atomic E-state index is 11.1. The van der Waals surface area contributed by atoms with Gasteiger partial charge >= 0.3 is 5.97 Å². The van der Waals surface area contributed by atoms with Gasteiger partial charge in [-0.3, -0.25) is 4.79 Å². The van der Waals surface area contributed by atoms with E-state index in [-0.39, 0.29) is 5.97 Å². The number of esters is 1. The van der Waals surface area contributed by atoms with E-state index < -0.39 is 0 Å². The van der Waals surface area contributed by atoms with Crippen molar-refractivity contribution < 1.29 is 9.53 Å². The second-order valence-electron chi connectivity index (χ2n) is 3.30. The van der Waals surface area contributed by atoms with Crippen molar-refractivity contribution in [1.82, 2.24) is 0 Å². The molecule has 0 heterocycles. The van der Waals surface area contributed by atoms with E-state index in [0.717, 1.165) is 6.42 Å². The zero-order chi connectivity index (χ0) is 10.1. The zero-order valence-electron chi connectivity index (χ0n) is 8.51. The van der Waals surface area contributed by atoms with Gasteiger partial charge in [0.05, 0.1) is 6.61 Å². The van der Waals surface area contributed by atoms with Crippen molar-refractivity contribution in [3.63, 3.8) is 0 Å². The minimum atomic E-state index is -0.0514. The molecule has 0 aliphatic heterocycles. The normalized spacial score (nSPS) is 12.5. The first-order chi connectivity index (χ1) is 6.20. The van der Waals surface area contributed by atoms with Crippen LogP contribution in [0.2, 0.25) is 0 Å². The molecular formula is C10H19IO2. The van der Waals surface area contributed by atoms with Gasteiger partial charge in [0, 0.05) is 6.42 Å². The molecule has 1 unspecified atom stereocenters. The molecule has 1 atom stereocenters. The average molecular weight is 298 g/mol. The van der Waals surface area contributed by atoms with Crippen LogP contribution in [0, 0.1) is 5.92 Å². The van der Waals surface area contributed by atoms with Crippen molar-refractivity contribution in [1.29, 1.82) is 0 Å². The van der Waals surface area contributed by atoms with Crippen molar-refractivity contribution in [2.24, 2.45) is 5.92 Å². The van der Waals surface area contributed by atoms with Crippen LogP contribution in [-0.2, 0) is 9.53 Å². The van der Waals surface area contributed by atoms with E-state index in [0.29, 0.717) is 18.9 Å². The summed E-state index contributed by atoms with van der Waals surface area (Å²) in [5.41, 5.74) is 0. The first-order valence-corrected chi connectivity index (χ1v) is 6.44. The second-order valence-corrected chi connectivity index (χ2v) is 4.38. The molecule has 0 fully saturated rings.